The van der Waals surface area contributed by atoms with Crippen molar-refractivity contribution in [3.63, 3.8) is 0 Å². The Labute approximate surface area is 118 Å². The number of amides is 2. The van der Waals surface area contributed by atoms with Gasteiger partial charge < -0.3 is 20.5 Å². The summed E-state index contributed by atoms with van der Waals surface area (Å²) in [4.78, 5) is 22.5. The van der Waals surface area contributed by atoms with Crippen LogP contribution in [0.15, 0.2) is 24.3 Å². The number of aliphatic carboxylic acids is 1. The summed E-state index contributed by atoms with van der Waals surface area (Å²) in [7, 11) is 0. The second kappa shape index (κ2) is 8.16. The highest BCUT2D eigenvalue weighted by molar-refractivity contribution is 5.90. The van der Waals surface area contributed by atoms with Crippen molar-refractivity contribution in [3.8, 4) is 0 Å². The van der Waals surface area contributed by atoms with E-state index in [2.05, 4.69) is 10.6 Å². The first-order chi connectivity index (χ1) is 9.52. The number of ether oxygens (including phenoxy) is 1. The minimum atomic E-state index is -0.940. The van der Waals surface area contributed by atoms with Crippen LogP contribution in [0.5, 0.6) is 0 Å². The average molecular weight is 280 g/mol. The Hall–Kier alpha value is -2.08. The molecule has 20 heavy (non-hydrogen) atoms. The molecule has 1 unspecified atom stereocenters. The van der Waals surface area contributed by atoms with Gasteiger partial charge in [0.15, 0.2) is 0 Å². The van der Waals surface area contributed by atoms with Crippen molar-refractivity contribution in [2.75, 3.05) is 18.5 Å². The fourth-order valence-corrected chi connectivity index (χ4v) is 1.71. The first kappa shape index (κ1) is 16.0. The Morgan fingerprint density at radius 2 is 2.05 bits per heavy atom. The molecular weight excluding hydrogens is 260 g/mol. The summed E-state index contributed by atoms with van der Waals surface area (Å²) < 4.78 is 5.30. The van der Waals surface area contributed by atoms with Gasteiger partial charge >= 0.3 is 12.0 Å². The Bertz CT molecular complexity index is 462. The van der Waals surface area contributed by atoms with Crippen molar-refractivity contribution in [2.24, 2.45) is 0 Å². The molecule has 0 aliphatic carbocycles. The molecule has 6 heteroatoms. The highest BCUT2D eigenvalue weighted by atomic mass is 16.5. The molecule has 1 aromatic carbocycles. The number of hydrogen-bond acceptors (Lipinski definition) is 3. The predicted molar refractivity (Wildman–Crippen MR) is 75.9 cm³/mol. The molecule has 0 bridgehead atoms. The lowest BCUT2D eigenvalue weighted by atomic mass is 10.1. The number of carbonyl (C=O) groups excluding carboxylic acids is 1. The van der Waals surface area contributed by atoms with Gasteiger partial charge in [0.1, 0.15) is 0 Å². The zero-order chi connectivity index (χ0) is 15.0. The van der Waals surface area contributed by atoms with Crippen LogP contribution in [0.25, 0.3) is 0 Å². The lowest BCUT2D eigenvalue weighted by molar-refractivity contribution is -0.136. The number of rotatable bonds is 7. The second-order valence-corrected chi connectivity index (χ2v) is 4.33. The fourth-order valence-electron chi connectivity index (χ4n) is 1.71. The van der Waals surface area contributed by atoms with Crippen molar-refractivity contribution >= 4 is 17.7 Å². The molecule has 0 radical (unpaired) electrons. The standard InChI is InChI=1S/C14H20N2O4/c1-3-20-10(2)9-15-14(19)16-12-7-5-4-6-11(12)8-13(17)18/h4-7,10H,3,8-9H2,1-2H3,(H,17,18)(H2,15,16,19). The SMILES string of the molecule is CCOC(C)CNC(=O)Nc1ccccc1CC(=O)O. The molecule has 0 saturated heterocycles. The highest BCUT2D eigenvalue weighted by Crippen LogP contribution is 2.15. The first-order valence-electron chi connectivity index (χ1n) is 6.49. The third-order valence-electron chi connectivity index (χ3n) is 2.61. The molecular formula is C14H20N2O4. The number of anilines is 1. The summed E-state index contributed by atoms with van der Waals surface area (Å²) in [6, 6.07) is 6.44. The number of carbonyl (C=O) groups is 2. The zero-order valence-corrected chi connectivity index (χ0v) is 11.7. The molecule has 0 aromatic heterocycles. The number of benzene rings is 1. The van der Waals surface area contributed by atoms with Gasteiger partial charge in [-0.15, -0.1) is 0 Å². The maximum Gasteiger partial charge on any atom is 0.319 e. The maximum absolute atomic E-state index is 11.7. The van der Waals surface area contributed by atoms with Crippen LogP contribution < -0.4 is 10.6 Å². The van der Waals surface area contributed by atoms with E-state index in [1.165, 1.54) is 0 Å². The van der Waals surface area contributed by atoms with Crippen molar-refractivity contribution < 1.29 is 19.4 Å². The molecule has 0 heterocycles. The summed E-state index contributed by atoms with van der Waals surface area (Å²) in [5, 5.41) is 14.1. The predicted octanol–water partition coefficient (Wildman–Crippen LogP) is 1.86. The van der Waals surface area contributed by atoms with Crippen molar-refractivity contribution in [1.29, 1.82) is 0 Å². The Morgan fingerprint density at radius 3 is 2.70 bits per heavy atom. The van der Waals surface area contributed by atoms with E-state index in [4.69, 9.17) is 9.84 Å². The highest BCUT2D eigenvalue weighted by Gasteiger charge is 2.10. The largest absolute Gasteiger partial charge is 0.481 e. The van der Waals surface area contributed by atoms with E-state index >= 15 is 0 Å². The third kappa shape index (κ3) is 5.71. The summed E-state index contributed by atoms with van der Waals surface area (Å²) in [5.41, 5.74) is 1.06. The van der Waals surface area contributed by atoms with Gasteiger partial charge in [0.05, 0.1) is 12.5 Å². The monoisotopic (exact) mass is 280 g/mol. The molecule has 0 saturated carbocycles. The van der Waals surface area contributed by atoms with E-state index in [0.29, 0.717) is 24.4 Å². The summed E-state index contributed by atoms with van der Waals surface area (Å²) in [5.74, 6) is -0.940. The minimum absolute atomic E-state index is 0.0694. The van der Waals surface area contributed by atoms with Crippen LogP contribution in [0.1, 0.15) is 19.4 Å². The topological polar surface area (TPSA) is 87.7 Å². The third-order valence-corrected chi connectivity index (χ3v) is 2.61. The van der Waals surface area contributed by atoms with E-state index in [-0.39, 0.29) is 18.6 Å². The van der Waals surface area contributed by atoms with Gasteiger partial charge in [0.25, 0.3) is 0 Å². The smallest absolute Gasteiger partial charge is 0.319 e. The van der Waals surface area contributed by atoms with Gasteiger partial charge in [-0.1, -0.05) is 18.2 Å². The van der Waals surface area contributed by atoms with Gasteiger partial charge in [-0.3, -0.25) is 4.79 Å². The van der Waals surface area contributed by atoms with E-state index in [1.54, 1.807) is 24.3 Å². The number of nitrogens with one attached hydrogen (secondary N) is 2. The van der Waals surface area contributed by atoms with Crippen molar-refractivity contribution in [2.45, 2.75) is 26.4 Å². The van der Waals surface area contributed by atoms with Crippen LogP contribution >= 0.6 is 0 Å². The normalized spacial score (nSPS) is 11.7. The van der Waals surface area contributed by atoms with Crippen LogP contribution in [-0.4, -0.2) is 36.4 Å². The van der Waals surface area contributed by atoms with Crippen LogP contribution in [-0.2, 0) is 16.0 Å². The number of para-hydroxylation sites is 1. The van der Waals surface area contributed by atoms with Gasteiger partial charge in [-0.2, -0.15) is 0 Å². The number of carboxylic acid groups (broad SMARTS) is 1. The number of urea groups is 1. The molecule has 1 atom stereocenters. The molecule has 1 aromatic rings. The average Bonchev–Trinajstić information content (AvgIpc) is 2.38. The molecule has 0 aliphatic heterocycles. The van der Waals surface area contributed by atoms with Crippen molar-refractivity contribution in [1.82, 2.24) is 5.32 Å². The van der Waals surface area contributed by atoms with Crippen LogP contribution in [0.3, 0.4) is 0 Å². The van der Waals surface area contributed by atoms with Crippen LogP contribution in [0.4, 0.5) is 10.5 Å². The summed E-state index contributed by atoms with van der Waals surface area (Å²) in [6.45, 7) is 4.73. The molecule has 2 amide bonds. The Kier molecular flexibility index (Phi) is 6.52. The molecule has 6 nitrogen and oxygen atoms in total. The lowest BCUT2D eigenvalue weighted by Gasteiger charge is -2.14. The lowest BCUT2D eigenvalue weighted by Crippen LogP contribution is -2.35. The fraction of sp³-hybridized carbons (Fsp3) is 0.429. The molecule has 0 aliphatic rings. The van der Waals surface area contributed by atoms with Gasteiger partial charge in [-0.05, 0) is 25.5 Å². The van der Waals surface area contributed by atoms with E-state index in [9.17, 15) is 9.59 Å². The molecule has 3 N–H and O–H groups in total. The van der Waals surface area contributed by atoms with E-state index in [0.717, 1.165) is 0 Å². The van der Waals surface area contributed by atoms with Crippen LogP contribution in [0, 0.1) is 0 Å². The molecule has 0 spiro atoms. The second-order valence-electron chi connectivity index (χ2n) is 4.33. The number of carboxylic acids is 1. The molecule has 110 valence electrons. The van der Waals surface area contributed by atoms with Gasteiger partial charge in [-0.25, -0.2) is 4.79 Å². The maximum atomic E-state index is 11.7. The van der Waals surface area contributed by atoms with Gasteiger partial charge in [0.2, 0.25) is 0 Å². The number of hydrogen-bond donors (Lipinski definition) is 3. The van der Waals surface area contributed by atoms with Crippen molar-refractivity contribution in [3.05, 3.63) is 29.8 Å². The van der Waals surface area contributed by atoms with Gasteiger partial charge in [0, 0.05) is 18.8 Å². The molecule has 0 fully saturated rings. The summed E-state index contributed by atoms with van der Waals surface area (Å²) >= 11 is 0. The Morgan fingerprint density at radius 1 is 1.35 bits per heavy atom. The zero-order valence-electron chi connectivity index (χ0n) is 11.7. The van der Waals surface area contributed by atoms with E-state index < -0.39 is 5.97 Å². The quantitative estimate of drug-likeness (QED) is 0.711. The first-order valence-corrected chi connectivity index (χ1v) is 6.49. The van der Waals surface area contributed by atoms with Crippen LogP contribution in [0.2, 0.25) is 0 Å². The van der Waals surface area contributed by atoms with E-state index in [1.807, 2.05) is 13.8 Å². The minimum Gasteiger partial charge on any atom is -0.481 e. The molecule has 1 rings (SSSR count). The summed E-state index contributed by atoms with van der Waals surface area (Å²) in [6.07, 6.45) is -0.203. The Balaban J connectivity index is 2.55.